The summed E-state index contributed by atoms with van der Waals surface area (Å²) in [6.07, 6.45) is 2.68. The molecule has 20 heavy (non-hydrogen) atoms. The first-order valence-electron chi connectivity index (χ1n) is 7.11. The highest BCUT2D eigenvalue weighted by atomic mass is 16.5. The third kappa shape index (κ3) is 3.05. The second-order valence-corrected chi connectivity index (χ2v) is 5.12. The summed E-state index contributed by atoms with van der Waals surface area (Å²) in [7, 11) is 1.86. The molecule has 1 aliphatic rings. The molecule has 2 aromatic rings. The Kier molecular flexibility index (Phi) is 4.08. The molecule has 0 spiro atoms. The Labute approximate surface area is 118 Å². The minimum atomic E-state index is 0.354. The molecule has 1 saturated heterocycles. The maximum atomic E-state index is 5.61. The van der Waals surface area contributed by atoms with Gasteiger partial charge in [0, 0.05) is 32.3 Å². The highest BCUT2D eigenvalue weighted by molar-refractivity contribution is 5.60. The second-order valence-electron chi connectivity index (χ2n) is 5.12. The molecule has 1 atom stereocenters. The van der Waals surface area contributed by atoms with Crippen LogP contribution in [0.15, 0.2) is 30.3 Å². The minimum Gasteiger partial charge on any atom is -0.377 e. The summed E-state index contributed by atoms with van der Waals surface area (Å²) in [5, 5.41) is 12.3. The number of aromatic nitrogens is 3. The fourth-order valence-corrected chi connectivity index (χ4v) is 2.54. The van der Waals surface area contributed by atoms with E-state index in [1.54, 1.807) is 4.80 Å². The zero-order chi connectivity index (χ0) is 13.8. The third-order valence-electron chi connectivity index (χ3n) is 3.52. The van der Waals surface area contributed by atoms with Gasteiger partial charge in [0.15, 0.2) is 0 Å². The third-order valence-corrected chi connectivity index (χ3v) is 3.52. The Morgan fingerprint density at radius 3 is 2.90 bits per heavy atom. The van der Waals surface area contributed by atoms with Gasteiger partial charge in [-0.1, -0.05) is 30.3 Å². The first kappa shape index (κ1) is 13.3. The molecule has 0 saturated carbocycles. The van der Waals surface area contributed by atoms with Crippen molar-refractivity contribution in [2.75, 3.05) is 13.2 Å². The lowest BCUT2D eigenvalue weighted by Gasteiger charge is -2.09. The van der Waals surface area contributed by atoms with Crippen LogP contribution in [-0.2, 0) is 18.3 Å². The Morgan fingerprint density at radius 2 is 2.15 bits per heavy atom. The predicted octanol–water partition coefficient (Wildman–Crippen LogP) is 1.75. The number of ether oxygens (including phenoxy) is 1. The van der Waals surface area contributed by atoms with Gasteiger partial charge in [0.1, 0.15) is 11.4 Å². The fourth-order valence-electron chi connectivity index (χ4n) is 2.54. The normalized spacial score (nSPS) is 18.6. The molecule has 0 bridgehead atoms. The van der Waals surface area contributed by atoms with Crippen LogP contribution in [0, 0.1) is 0 Å². The molecule has 0 radical (unpaired) electrons. The number of nitrogens with zero attached hydrogens (tertiary/aromatic N) is 3. The van der Waals surface area contributed by atoms with Gasteiger partial charge < -0.3 is 10.1 Å². The van der Waals surface area contributed by atoms with Gasteiger partial charge in [-0.2, -0.15) is 15.0 Å². The van der Waals surface area contributed by atoms with E-state index in [2.05, 4.69) is 27.6 Å². The van der Waals surface area contributed by atoms with Crippen molar-refractivity contribution in [2.24, 2.45) is 7.05 Å². The number of nitrogens with one attached hydrogen (secondary N) is 1. The molecule has 0 unspecified atom stereocenters. The average Bonchev–Trinajstić information content (AvgIpc) is 3.10. The number of aryl methyl sites for hydroxylation is 1. The van der Waals surface area contributed by atoms with Gasteiger partial charge >= 0.3 is 0 Å². The molecule has 3 rings (SSSR count). The predicted molar refractivity (Wildman–Crippen MR) is 77.1 cm³/mol. The van der Waals surface area contributed by atoms with E-state index in [9.17, 15) is 0 Å². The minimum absolute atomic E-state index is 0.354. The molecule has 1 aromatic carbocycles. The largest absolute Gasteiger partial charge is 0.377 e. The van der Waals surface area contributed by atoms with Crippen LogP contribution in [0.3, 0.4) is 0 Å². The van der Waals surface area contributed by atoms with Gasteiger partial charge in [-0.3, -0.25) is 0 Å². The highest BCUT2D eigenvalue weighted by Gasteiger charge is 2.16. The van der Waals surface area contributed by atoms with Gasteiger partial charge in [-0.05, 0) is 12.8 Å². The summed E-state index contributed by atoms with van der Waals surface area (Å²) in [5.74, 6) is 0. The van der Waals surface area contributed by atoms with Gasteiger partial charge in [-0.25, -0.2) is 0 Å². The number of hydrogen-bond acceptors (Lipinski definition) is 4. The SMILES string of the molecule is Cn1nc(CNC[C@H]2CCCO2)c(-c2ccccc2)n1. The maximum Gasteiger partial charge on any atom is 0.117 e. The van der Waals surface area contributed by atoms with Gasteiger partial charge in [0.2, 0.25) is 0 Å². The lowest BCUT2D eigenvalue weighted by molar-refractivity contribution is 0.110. The Balaban J connectivity index is 1.66. The Morgan fingerprint density at radius 1 is 1.30 bits per heavy atom. The van der Waals surface area contributed by atoms with Crippen molar-refractivity contribution < 1.29 is 4.74 Å². The van der Waals surface area contributed by atoms with Gasteiger partial charge in [-0.15, -0.1) is 0 Å². The van der Waals surface area contributed by atoms with Gasteiger partial charge in [0.25, 0.3) is 0 Å². The number of rotatable bonds is 5. The van der Waals surface area contributed by atoms with E-state index >= 15 is 0 Å². The van der Waals surface area contributed by atoms with Crippen molar-refractivity contribution in [3.63, 3.8) is 0 Å². The van der Waals surface area contributed by atoms with Crippen molar-refractivity contribution in [1.82, 2.24) is 20.3 Å². The topological polar surface area (TPSA) is 52.0 Å². The molecular formula is C15H20N4O. The smallest absolute Gasteiger partial charge is 0.117 e. The standard InChI is InChI=1S/C15H20N4O/c1-19-17-14(11-16-10-13-8-5-9-20-13)15(18-19)12-6-3-2-4-7-12/h2-4,6-7,13,16H,5,8-11H2,1H3/t13-/m1/s1. The monoisotopic (exact) mass is 272 g/mol. The van der Waals surface area contributed by atoms with Crippen LogP contribution >= 0.6 is 0 Å². The molecule has 1 aromatic heterocycles. The quantitative estimate of drug-likeness (QED) is 0.901. The molecular weight excluding hydrogens is 252 g/mol. The zero-order valence-corrected chi connectivity index (χ0v) is 11.7. The Bertz CT molecular complexity index is 546. The van der Waals surface area contributed by atoms with E-state index in [1.165, 1.54) is 6.42 Å². The van der Waals surface area contributed by atoms with E-state index in [1.807, 2.05) is 25.2 Å². The van der Waals surface area contributed by atoms with E-state index in [0.29, 0.717) is 6.10 Å². The van der Waals surface area contributed by atoms with Crippen molar-refractivity contribution in [3.8, 4) is 11.3 Å². The van der Waals surface area contributed by atoms with Crippen molar-refractivity contribution in [3.05, 3.63) is 36.0 Å². The molecule has 1 N–H and O–H groups in total. The average molecular weight is 272 g/mol. The van der Waals surface area contributed by atoms with E-state index in [4.69, 9.17) is 4.74 Å². The van der Waals surface area contributed by atoms with Crippen LogP contribution in [0.4, 0.5) is 0 Å². The van der Waals surface area contributed by atoms with E-state index < -0.39 is 0 Å². The van der Waals surface area contributed by atoms with Crippen LogP contribution in [-0.4, -0.2) is 34.2 Å². The summed E-state index contributed by atoms with van der Waals surface area (Å²) in [5.41, 5.74) is 3.04. The molecule has 1 fully saturated rings. The number of hydrogen-bond donors (Lipinski definition) is 1. The van der Waals surface area contributed by atoms with Crippen molar-refractivity contribution in [2.45, 2.75) is 25.5 Å². The second kappa shape index (κ2) is 6.15. The van der Waals surface area contributed by atoms with Gasteiger partial charge in [0.05, 0.1) is 6.10 Å². The first-order chi connectivity index (χ1) is 9.83. The summed E-state index contributed by atoms with van der Waals surface area (Å²) in [6, 6.07) is 10.2. The lowest BCUT2D eigenvalue weighted by atomic mass is 10.1. The number of benzene rings is 1. The fraction of sp³-hybridized carbons (Fsp3) is 0.467. The summed E-state index contributed by atoms with van der Waals surface area (Å²) in [4.78, 5) is 1.63. The van der Waals surface area contributed by atoms with Crippen LogP contribution in [0.1, 0.15) is 18.5 Å². The van der Waals surface area contributed by atoms with Crippen molar-refractivity contribution >= 4 is 0 Å². The lowest BCUT2D eigenvalue weighted by Crippen LogP contribution is -2.26. The molecule has 0 amide bonds. The van der Waals surface area contributed by atoms with Crippen LogP contribution < -0.4 is 5.32 Å². The Hall–Kier alpha value is -1.72. The van der Waals surface area contributed by atoms with Crippen LogP contribution in [0.2, 0.25) is 0 Å². The highest BCUT2D eigenvalue weighted by Crippen LogP contribution is 2.19. The summed E-state index contributed by atoms with van der Waals surface area (Å²) in [6.45, 7) is 2.50. The summed E-state index contributed by atoms with van der Waals surface area (Å²) < 4.78 is 5.61. The molecule has 2 heterocycles. The molecule has 0 aliphatic carbocycles. The maximum absolute atomic E-state index is 5.61. The molecule has 1 aliphatic heterocycles. The first-order valence-corrected chi connectivity index (χ1v) is 7.11. The van der Waals surface area contributed by atoms with Crippen LogP contribution in [0.5, 0.6) is 0 Å². The molecule has 106 valence electrons. The van der Waals surface area contributed by atoms with Crippen molar-refractivity contribution in [1.29, 1.82) is 0 Å². The summed E-state index contributed by atoms with van der Waals surface area (Å²) >= 11 is 0. The zero-order valence-electron chi connectivity index (χ0n) is 11.7. The molecule has 5 nitrogen and oxygen atoms in total. The van der Waals surface area contributed by atoms with E-state index in [-0.39, 0.29) is 0 Å². The molecule has 5 heteroatoms. The van der Waals surface area contributed by atoms with Crippen LogP contribution in [0.25, 0.3) is 11.3 Å². The van der Waals surface area contributed by atoms with E-state index in [0.717, 1.165) is 43.1 Å².